The summed E-state index contributed by atoms with van der Waals surface area (Å²) < 4.78 is 19.8. The van der Waals surface area contributed by atoms with Crippen LogP contribution in [0.15, 0.2) is 72.8 Å². The van der Waals surface area contributed by atoms with E-state index in [4.69, 9.17) is 4.74 Å². The highest BCUT2D eigenvalue weighted by atomic mass is 19.1. The number of nitrogens with zero attached hydrogens (tertiary/aromatic N) is 2. The lowest BCUT2D eigenvalue weighted by Gasteiger charge is -2.10. The summed E-state index contributed by atoms with van der Waals surface area (Å²) in [6.45, 7) is 0.199. The highest BCUT2D eigenvalue weighted by Crippen LogP contribution is 2.26. The van der Waals surface area contributed by atoms with Gasteiger partial charge in [0.25, 0.3) is 5.69 Å². The lowest BCUT2D eigenvalue weighted by Crippen LogP contribution is -1.98. The van der Waals surface area contributed by atoms with Crippen LogP contribution >= 0.6 is 0 Å². The Bertz CT molecular complexity index is 1070. The molecule has 0 radical (unpaired) electrons. The lowest BCUT2D eigenvalue weighted by molar-refractivity contribution is -0.384. The molecule has 6 heteroatoms. The first kappa shape index (κ1) is 18.8. The van der Waals surface area contributed by atoms with Crippen LogP contribution in [-0.2, 0) is 6.61 Å². The van der Waals surface area contributed by atoms with Crippen LogP contribution in [0.25, 0.3) is 11.6 Å². The van der Waals surface area contributed by atoms with E-state index >= 15 is 0 Å². The molecule has 0 amide bonds. The van der Waals surface area contributed by atoms with Gasteiger partial charge in [0.2, 0.25) is 0 Å². The molecule has 0 aliphatic carbocycles. The van der Waals surface area contributed by atoms with Gasteiger partial charge in [0.05, 0.1) is 16.6 Å². The second-order valence-corrected chi connectivity index (χ2v) is 5.90. The van der Waals surface area contributed by atoms with Crippen LogP contribution in [-0.4, -0.2) is 4.92 Å². The first-order chi connectivity index (χ1) is 13.6. The molecular weight excluding hydrogens is 359 g/mol. The number of nitro groups is 1. The third-order valence-electron chi connectivity index (χ3n) is 4.04. The highest BCUT2D eigenvalue weighted by Gasteiger charge is 2.09. The first-order valence-electron chi connectivity index (χ1n) is 8.40. The number of rotatable bonds is 6. The normalized spacial score (nSPS) is 10.9. The summed E-state index contributed by atoms with van der Waals surface area (Å²) in [5.41, 5.74) is 1.80. The smallest absolute Gasteiger partial charge is 0.269 e. The maximum Gasteiger partial charge on any atom is 0.269 e. The molecule has 28 heavy (non-hydrogen) atoms. The number of hydrogen-bond acceptors (Lipinski definition) is 4. The van der Waals surface area contributed by atoms with E-state index in [-0.39, 0.29) is 23.4 Å². The summed E-state index contributed by atoms with van der Waals surface area (Å²) in [5.74, 6) is 0.0459. The van der Waals surface area contributed by atoms with Crippen LogP contribution in [0.1, 0.15) is 16.7 Å². The van der Waals surface area contributed by atoms with Crippen LogP contribution < -0.4 is 4.74 Å². The van der Waals surface area contributed by atoms with Gasteiger partial charge in [0, 0.05) is 23.3 Å². The van der Waals surface area contributed by atoms with E-state index < -0.39 is 10.7 Å². The van der Waals surface area contributed by atoms with E-state index in [1.165, 1.54) is 18.2 Å². The molecule has 0 aliphatic rings. The number of benzene rings is 3. The number of ether oxygens (including phenoxy) is 1. The fourth-order valence-corrected chi connectivity index (χ4v) is 2.61. The van der Waals surface area contributed by atoms with E-state index in [2.05, 4.69) is 0 Å². The van der Waals surface area contributed by atoms with Crippen LogP contribution in [0, 0.1) is 27.3 Å². The van der Waals surface area contributed by atoms with Crippen molar-refractivity contribution in [1.82, 2.24) is 0 Å². The molecule has 5 nitrogen and oxygen atoms in total. The molecule has 0 bridgehead atoms. The Labute approximate surface area is 161 Å². The van der Waals surface area contributed by atoms with Crippen molar-refractivity contribution in [3.05, 3.63) is 105 Å². The van der Waals surface area contributed by atoms with Crippen molar-refractivity contribution in [2.45, 2.75) is 6.61 Å². The Kier molecular flexibility index (Phi) is 5.78. The molecule has 0 heterocycles. The van der Waals surface area contributed by atoms with Gasteiger partial charge in [-0.2, -0.15) is 5.26 Å². The fraction of sp³-hybridized carbons (Fsp3) is 0.0455. The zero-order valence-electron chi connectivity index (χ0n) is 14.7. The van der Waals surface area contributed by atoms with Gasteiger partial charge in [-0.15, -0.1) is 0 Å². The average molecular weight is 374 g/mol. The minimum absolute atomic E-state index is 0.00985. The van der Waals surface area contributed by atoms with E-state index in [1.807, 2.05) is 6.07 Å². The summed E-state index contributed by atoms with van der Waals surface area (Å²) in [6, 6.07) is 21.3. The minimum atomic E-state index is -0.473. The topological polar surface area (TPSA) is 76.2 Å². The standard InChI is InChI=1S/C22H15FN2O3/c23-21-7-3-2-6-20(21)18(14-24)13-17-5-1-4-8-22(17)28-15-16-9-11-19(12-10-16)25(26)27/h1-13H,15H2. The Hall–Kier alpha value is -3.98. The zero-order chi connectivity index (χ0) is 19.9. The highest BCUT2D eigenvalue weighted by molar-refractivity contribution is 5.90. The molecule has 0 aromatic heterocycles. The number of para-hydroxylation sites is 1. The van der Waals surface area contributed by atoms with Crippen LogP contribution in [0.3, 0.4) is 0 Å². The largest absolute Gasteiger partial charge is 0.488 e. The molecule has 0 aliphatic heterocycles. The number of nitro benzene ring substituents is 1. The zero-order valence-corrected chi connectivity index (χ0v) is 14.7. The molecule has 0 N–H and O–H groups in total. The van der Waals surface area contributed by atoms with Gasteiger partial charge in [-0.05, 0) is 35.9 Å². The Balaban J connectivity index is 1.84. The predicted octanol–water partition coefficient (Wildman–Crippen LogP) is 5.38. The SMILES string of the molecule is N#CC(=Cc1ccccc1OCc1ccc([N+](=O)[O-])cc1)c1ccccc1F. The van der Waals surface area contributed by atoms with Crippen LogP contribution in [0.5, 0.6) is 5.75 Å². The van der Waals surface area contributed by atoms with Crippen molar-refractivity contribution in [1.29, 1.82) is 5.26 Å². The molecule has 0 saturated heterocycles. The summed E-state index contributed by atoms with van der Waals surface area (Å²) in [5, 5.41) is 20.2. The van der Waals surface area contributed by atoms with E-state index in [1.54, 1.807) is 60.7 Å². The van der Waals surface area contributed by atoms with Gasteiger partial charge in [-0.25, -0.2) is 4.39 Å². The van der Waals surface area contributed by atoms with E-state index in [9.17, 15) is 19.8 Å². The molecule has 0 saturated carbocycles. The van der Waals surface area contributed by atoms with E-state index in [0.717, 1.165) is 5.56 Å². The van der Waals surface area contributed by atoms with Gasteiger partial charge in [-0.1, -0.05) is 36.4 Å². The monoisotopic (exact) mass is 374 g/mol. The van der Waals surface area contributed by atoms with Gasteiger partial charge in [0.15, 0.2) is 0 Å². The third kappa shape index (κ3) is 4.40. The molecule has 3 aromatic rings. The molecule has 3 rings (SSSR count). The Morgan fingerprint density at radius 3 is 2.43 bits per heavy atom. The number of non-ortho nitro benzene ring substituents is 1. The first-order valence-corrected chi connectivity index (χ1v) is 8.40. The fourth-order valence-electron chi connectivity index (χ4n) is 2.61. The summed E-state index contributed by atoms with van der Waals surface area (Å²) in [6.07, 6.45) is 1.57. The number of halogens is 1. The van der Waals surface area contributed by atoms with Crippen molar-refractivity contribution in [3.8, 4) is 11.8 Å². The molecule has 0 unspecified atom stereocenters. The second kappa shape index (κ2) is 8.60. The van der Waals surface area contributed by atoms with Crippen molar-refractivity contribution in [3.63, 3.8) is 0 Å². The summed E-state index contributed by atoms with van der Waals surface area (Å²) in [4.78, 5) is 10.3. The third-order valence-corrected chi connectivity index (χ3v) is 4.04. The van der Waals surface area contributed by atoms with Crippen LogP contribution in [0.4, 0.5) is 10.1 Å². The minimum Gasteiger partial charge on any atom is -0.488 e. The van der Waals surface area contributed by atoms with Crippen molar-refractivity contribution < 1.29 is 14.1 Å². The molecule has 0 spiro atoms. The van der Waals surface area contributed by atoms with Gasteiger partial charge in [0.1, 0.15) is 18.2 Å². The quantitative estimate of drug-likeness (QED) is 0.251. The second-order valence-electron chi connectivity index (χ2n) is 5.90. The number of allylic oxidation sites excluding steroid dienone is 1. The van der Waals surface area contributed by atoms with Gasteiger partial charge in [-0.3, -0.25) is 10.1 Å². The predicted molar refractivity (Wildman–Crippen MR) is 104 cm³/mol. The molecular formula is C22H15FN2O3. The van der Waals surface area contributed by atoms with Crippen molar-refractivity contribution in [2.75, 3.05) is 0 Å². The van der Waals surface area contributed by atoms with Crippen molar-refractivity contribution in [2.24, 2.45) is 0 Å². The summed E-state index contributed by atoms with van der Waals surface area (Å²) >= 11 is 0. The van der Waals surface area contributed by atoms with Gasteiger partial charge >= 0.3 is 0 Å². The molecule has 0 fully saturated rings. The molecule has 0 atom stereocenters. The Morgan fingerprint density at radius 2 is 1.75 bits per heavy atom. The number of nitriles is 1. The molecule has 3 aromatic carbocycles. The average Bonchev–Trinajstić information content (AvgIpc) is 2.72. The van der Waals surface area contributed by atoms with Crippen molar-refractivity contribution >= 4 is 17.3 Å². The maximum absolute atomic E-state index is 14.0. The maximum atomic E-state index is 14.0. The van der Waals surface area contributed by atoms with E-state index in [0.29, 0.717) is 11.3 Å². The Morgan fingerprint density at radius 1 is 1.07 bits per heavy atom. The van der Waals surface area contributed by atoms with Gasteiger partial charge < -0.3 is 4.74 Å². The lowest BCUT2D eigenvalue weighted by atomic mass is 10.0. The summed E-state index contributed by atoms with van der Waals surface area (Å²) in [7, 11) is 0. The molecule has 138 valence electrons. The van der Waals surface area contributed by atoms with Crippen LogP contribution in [0.2, 0.25) is 0 Å². The number of hydrogen-bond donors (Lipinski definition) is 0.